The number of nitrogens with one attached hydrogen (secondary N) is 3. The van der Waals surface area contributed by atoms with E-state index in [0.29, 0.717) is 13.1 Å². The van der Waals surface area contributed by atoms with Crippen molar-refractivity contribution in [1.82, 2.24) is 44.4 Å². The van der Waals surface area contributed by atoms with Crippen LogP contribution in [0.4, 0.5) is 4.79 Å². The van der Waals surface area contributed by atoms with Crippen molar-refractivity contribution in [3.63, 3.8) is 0 Å². The molecule has 2 aliphatic rings. The third-order valence-electron chi connectivity index (χ3n) is 12.2. The van der Waals surface area contributed by atoms with Crippen molar-refractivity contribution in [2.45, 2.75) is 77.9 Å². The summed E-state index contributed by atoms with van der Waals surface area (Å²) in [4.78, 5) is 77.2. The van der Waals surface area contributed by atoms with E-state index in [4.69, 9.17) is 24.4 Å². The lowest BCUT2D eigenvalue weighted by Crippen LogP contribution is -2.51. The largest absolute Gasteiger partial charge is 0.469 e. The summed E-state index contributed by atoms with van der Waals surface area (Å²) in [6.45, 7) is 8.96. The minimum Gasteiger partial charge on any atom is -0.469 e. The van der Waals surface area contributed by atoms with Crippen LogP contribution in [0.5, 0.6) is 0 Å². The number of hydrogen-bond acceptors (Lipinski definition) is 10. The molecule has 0 spiro atoms. The number of methoxy groups -OCH3 is 2. The van der Waals surface area contributed by atoms with Gasteiger partial charge < -0.3 is 34.6 Å². The molecule has 15 nitrogen and oxygen atoms in total. The van der Waals surface area contributed by atoms with Gasteiger partial charge in [-0.3, -0.25) is 18.8 Å². The van der Waals surface area contributed by atoms with Gasteiger partial charge in [-0.25, -0.2) is 19.7 Å². The molecule has 324 valence electrons. The molecule has 0 radical (unpaired) electrons. The van der Waals surface area contributed by atoms with E-state index in [1.165, 1.54) is 14.2 Å². The number of imidazole rings is 3. The highest BCUT2D eigenvalue weighted by atomic mass is 32.1. The number of rotatable bonds is 13. The number of nitrogens with zero attached hydrogens (tertiary/aromatic N) is 6. The fourth-order valence-electron chi connectivity index (χ4n) is 8.67. The third kappa shape index (κ3) is 8.47. The SMILES string of the molecule is COC(=O)C[C@H](C(=O)N1CCCC1c1ncc(-c2ccc(-c3csc4nc(-c5ccc(-c6cnc([C@@H]7CCCN7C(=O)[C@@H](NC(=O)OC)C(C)C)[nH]6)cc5)cn34)cc2)[nH]1)C(C)C. The topological polar surface area (TPSA) is 180 Å². The van der Waals surface area contributed by atoms with Crippen LogP contribution in [0.1, 0.15) is 83.5 Å². The van der Waals surface area contributed by atoms with E-state index in [1.807, 2.05) is 55.8 Å². The van der Waals surface area contributed by atoms with Gasteiger partial charge in [0.2, 0.25) is 11.8 Å². The number of H-pyrrole nitrogens is 2. The van der Waals surface area contributed by atoms with Crippen molar-refractivity contribution in [2.24, 2.45) is 17.8 Å². The van der Waals surface area contributed by atoms with Crippen LogP contribution in [0, 0.1) is 17.8 Å². The van der Waals surface area contributed by atoms with Gasteiger partial charge in [0.15, 0.2) is 4.96 Å². The minimum absolute atomic E-state index is 0.00218. The van der Waals surface area contributed by atoms with Crippen molar-refractivity contribution >= 4 is 40.2 Å². The predicted molar refractivity (Wildman–Crippen MR) is 236 cm³/mol. The Bertz CT molecular complexity index is 2550. The minimum atomic E-state index is -0.692. The number of benzene rings is 2. The Kier molecular flexibility index (Phi) is 12.3. The van der Waals surface area contributed by atoms with Crippen molar-refractivity contribution < 1.29 is 28.7 Å². The van der Waals surface area contributed by atoms with E-state index in [1.54, 1.807) is 17.5 Å². The lowest BCUT2D eigenvalue weighted by molar-refractivity contribution is -0.148. The molecule has 1 unspecified atom stereocenters. The highest BCUT2D eigenvalue weighted by Gasteiger charge is 2.39. The van der Waals surface area contributed by atoms with Crippen LogP contribution in [0.2, 0.25) is 0 Å². The number of carbonyl (C=O) groups excluding carboxylic acids is 4. The zero-order valence-corrected chi connectivity index (χ0v) is 36.7. The summed E-state index contributed by atoms with van der Waals surface area (Å²) in [5.41, 5.74) is 7.60. The normalized spacial score (nSPS) is 17.5. The van der Waals surface area contributed by atoms with Crippen LogP contribution in [0.3, 0.4) is 0 Å². The van der Waals surface area contributed by atoms with Crippen LogP contribution in [-0.2, 0) is 23.9 Å². The van der Waals surface area contributed by atoms with Crippen molar-refractivity contribution in [3.05, 3.63) is 84.2 Å². The van der Waals surface area contributed by atoms with Gasteiger partial charge >= 0.3 is 12.1 Å². The molecule has 3 amide bonds. The number of carbonyl (C=O) groups is 4. The quantitative estimate of drug-likeness (QED) is 0.0969. The number of alkyl carbamates (subject to hydrolysis) is 1. The molecule has 62 heavy (non-hydrogen) atoms. The maximum Gasteiger partial charge on any atom is 0.407 e. The Morgan fingerprint density at radius 2 is 1.31 bits per heavy atom. The first-order valence-corrected chi connectivity index (χ1v) is 22.1. The molecule has 4 atom stereocenters. The van der Waals surface area contributed by atoms with Crippen molar-refractivity contribution in [3.8, 4) is 45.0 Å². The maximum absolute atomic E-state index is 13.7. The van der Waals surface area contributed by atoms with Gasteiger partial charge in [0, 0.05) is 30.2 Å². The Balaban J connectivity index is 0.935. The molecule has 0 aliphatic carbocycles. The molecule has 3 N–H and O–H groups in total. The smallest absolute Gasteiger partial charge is 0.407 e. The van der Waals surface area contributed by atoms with Gasteiger partial charge in [0.25, 0.3) is 0 Å². The van der Waals surface area contributed by atoms with Crippen LogP contribution in [0.25, 0.3) is 50.0 Å². The third-order valence-corrected chi connectivity index (χ3v) is 13.1. The lowest BCUT2D eigenvalue weighted by atomic mass is 9.91. The molecular weight excluding hydrogens is 807 g/mol. The zero-order chi connectivity index (χ0) is 43.7. The molecular formula is C46H53N9O6S. The van der Waals surface area contributed by atoms with E-state index in [2.05, 4.69) is 67.7 Å². The van der Waals surface area contributed by atoms with Gasteiger partial charge in [-0.05, 0) is 54.2 Å². The van der Waals surface area contributed by atoms with Gasteiger partial charge in [0.1, 0.15) is 17.7 Å². The van der Waals surface area contributed by atoms with Crippen molar-refractivity contribution in [2.75, 3.05) is 27.3 Å². The number of thiazole rings is 1. The van der Waals surface area contributed by atoms with Gasteiger partial charge in [-0.2, -0.15) is 0 Å². The number of likely N-dealkylation sites (tertiary alicyclic amines) is 2. The average Bonchev–Trinajstić information content (AvgIpc) is 4.13. The first kappa shape index (κ1) is 42.4. The number of hydrogen-bond donors (Lipinski definition) is 3. The van der Waals surface area contributed by atoms with E-state index in [9.17, 15) is 19.2 Å². The number of ether oxygens (including phenoxy) is 2. The van der Waals surface area contributed by atoms with Crippen LogP contribution < -0.4 is 5.32 Å². The van der Waals surface area contributed by atoms with Crippen LogP contribution >= 0.6 is 11.3 Å². The monoisotopic (exact) mass is 859 g/mol. The highest BCUT2D eigenvalue weighted by molar-refractivity contribution is 7.15. The standard InChI is InChI=1S/C46H53N9O6S/c1-26(2)32(21-39(56)60-5)43(57)53-19-7-9-36(53)41-47-23-34(49-41)29-15-17-31(18-16-29)38-25-62-45-51-35(24-55(38)45)30-13-11-28(12-14-30)33-22-48-42(50-33)37-10-8-20-54(37)44(58)40(27(3)4)52-46(59)61-6/h11-18,22-27,32,36-37,40H,7-10,19-21H2,1-6H3,(H,47,49)(H,48,50)(H,52,59)/t32-,36?,37-,40-/m0/s1. The highest BCUT2D eigenvalue weighted by Crippen LogP contribution is 2.37. The maximum atomic E-state index is 13.7. The Hall–Kier alpha value is -6.29. The number of amides is 3. The number of aromatic amines is 2. The molecule has 6 aromatic rings. The molecule has 4 aromatic heterocycles. The van der Waals surface area contributed by atoms with Crippen LogP contribution in [0.15, 0.2) is 72.5 Å². The number of fused-ring (bicyclic) bond motifs is 1. The summed E-state index contributed by atoms with van der Waals surface area (Å²) >= 11 is 1.59. The van der Waals surface area contributed by atoms with Crippen molar-refractivity contribution in [1.29, 1.82) is 0 Å². The van der Waals surface area contributed by atoms with E-state index in [0.717, 1.165) is 87.3 Å². The predicted octanol–water partition coefficient (Wildman–Crippen LogP) is 8.05. The number of esters is 1. The molecule has 6 heterocycles. The molecule has 0 bridgehead atoms. The molecule has 8 rings (SSSR count). The van der Waals surface area contributed by atoms with Gasteiger partial charge in [-0.1, -0.05) is 76.2 Å². The van der Waals surface area contributed by atoms with E-state index >= 15 is 0 Å². The fraction of sp³-hybridized carbons (Fsp3) is 0.413. The zero-order valence-electron chi connectivity index (χ0n) is 35.9. The van der Waals surface area contributed by atoms with Gasteiger partial charge in [0.05, 0.1) is 73.8 Å². The second-order valence-electron chi connectivity index (χ2n) is 16.8. The van der Waals surface area contributed by atoms with E-state index in [-0.39, 0.29) is 48.1 Å². The molecule has 2 aliphatic heterocycles. The Morgan fingerprint density at radius 1 is 0.758 bits per heavy atom. The summed E-state index contributed by atoms with van der Waals surface area (Å²) in [6, 6.07) is 15.5. The lowest BCUT2D eigenvalue weighted by Gasteiger charge is -2.30. The summed E-state index contributed by atoms with van der Waals surface area (Å²) in [5.74, 6) is 0.374. The first-order chi connectivity index (χ1) is 29.9. The molecule has 2 fully saturated rings. The molecule has 0 saturated carbocycles. The Labute approximate surface area is 364 Å². The number of aromatic nitrogens is 6. The molecule has 2 aromatic carbocycles. The van der Waals surface area contributed by atoms with Crippen LogP contribution in [-0.4, -0.2) is 96.3 Å². The first-order valence-electron chi connectivity index (χ1n) is 21.2. The Morgan fingerprint density at radius 3 is 1.84 bits per heavy atom. The van der Waals surface area contributed by atoms with E-state index < -0.39 is 18.1 Å². The second kappa shape index (κ2) is 18.0. The van der Waals surface area contributed by atoms with Gasteiger partial charge in [-0.15, -0.1) is 11.3 Å². The summed E-state index contributed by atoms with van der Waals surface area (Å²) in [5, 5.41) is 4.81. The fourth-order valence-corrected chi connectivity index (χ4v) is 9.55. The second-order valence-corrected chi connectivity index (χ2v) is 17.6. The average molecular weight is 860 g/mol. The molecule has 2 saturated heterocycles. The summed E-state index contributed by atoms with van der Waals surface area (Å²) in [7, 11) is 2.64. The molecule has 16 heteroatoms. The summed E-state index contributed by atoms with van der Waals surface area (Å²) in [6.07, 6.45) is 8.44. The summed E-state index contributed by atoms with van der Waals surface area (Å²) < 4.78 is 11.8.